The molecule has 0 saturated carbocycles. The maximum Gasteiger partial charge on any atom is 0.491 e. The smallest absolute Gasteiger partial charge is 0.236 e. The van der Waals surface area contributed by atoms with Gasteiger partial charge in [0, 0.05) is 0 Å². The number of sulfone groups is 2. The van der Waals surface area contributed by atoms with E-state index in [2.05, 4.69) is 0 Å². The van der Waals surface area contributed by atoms with Crippen LogP contribution in [0.15, 0.2) is 42.5 Å². The van der Waals surface area contributed by atoms with Crippen molar-refractivity contribution in [1.82, 2.24) is 0 Å². The van der Waals surface area contributed by atoms with Crippen LogP contribution < -0.4 is 0 Å². The third-order valence-electron chi connectivity index (χ3n) is 4.67. The average Bonchev–Trinajstić information content (AvgIpc) is 2.61. The summed E-state index contributed by atoms with van der Waals surface area (Å²) in [5.41, 5.74) is -15.3. The van der Waals surface area contributed by atoms with Gasteiger partial charge < -0.3 is 0 Å². The third-order valence-corrected chi connectivity index (χ3v) is 9.04. The normalized spacial score (nSPS) is 14.9. The summed E-state index contributed by atoms with van der Waals surface area (Å²) in [7, 11) is -14.4. The predicted octanol–water partition coefficient (Wildman–Crippen LogP) is 5.70. The Hall–Kier alpha value is -2.37. The Balaban J connectivity index is 2.94. The van der Waals surface area contributed by atoms with E-state index in [-0.39, 0.29) is 16.8 Å². The molecule has 0 amide bonds. The van der Waals surface area contributed by atoms with Gasteiger partial charge in [-0.1, -0.05) is 29.7 Å². The van der Waals surface area contributed by atoms with Gasteiger partial charge in [0.25, 0.3) is 5.41 Å². The molecule has 0 spiro atoms. The van der Waals surface area contributed by atoms with E-state index < -0.39 is 65.0 Å². The van der Waals surface area contributed by atoms with Crippen molar-refractivity contribution in [1.29, 1.82) is 0 Å². The minimum absolute atomic E-state index is 0.104. The first-order valence-corrected chi connectivity index (χ1v) is 11.6. The number of alkyl halides is 12. The summed E-state index contributed by atoms with van der Waals surface area (Å²) in [6, 6.07) is 6.25. The third kappa shape index (κ3) is 4.85. The van der Waals surface area contributed by atoms with Gasteiger partial charge >= 0.3 is 24.0 Å². The monoisotopic (exact) mass is 569 g/mol. The molecule has 0 aromatic heterocycles. The lowest BCUT2D eigenvalue weighted by Gasteiger charge is -2.39. The molecule has 0 fully saturated rings. The fourth-order valence-corrected chi connectivity index (χ4v) is 7.12. The summed E-state index contributed by atoms with van der Waals surface area (Å²) < 4.78 is 204. The van der Waals surface area contributed by atoms with Crippen molar-refractivity contribution in [2.45, 2.75) is 24.0 Å². The van der Waals surface area contributed by atoms with Gasteiger partial charge in [-0.3, -0.25) is 0 Å². The summed E-state index contributed by atoms with van der Waals surface area (Å²) in [6.07, 6.45) is -22.4. The van der Waals surface area contributed by atoms with Crippen LogP contribution >= 0.6 is 0 Å². The Morgan fingerprint density at radius 3 is 1.46 bits per heavy atom. The zero-order valence-corrected chi connectivity index (χ0v) is 17.9. The van der Waals surface area contributed by atoms with Crippen molar-refractivity contribution in [3.8, 4) is 0 Å². The highest BCUT2D eigenvalue weighted by molar-refractivity contribution is 8.13. The van der Waals surface area contributed by atoms with Crippen molar-refractivity contribution in [3.63, 3.8) is 0 Å². The number of benzene rings is 2. The maximum atomic E-state index is 13.2. The van der Waals surface area contributed by atoms with E-state index in [1.165, 1.54) is 18.2 Å². The van der Waals surface area contributed by atoms with Crippen LogP contribution in [0, 0.1) is 10.00 Å². The highest BCUT2D eigenvalue weighted by Gasteiger charge is 2.84. The van der Waals surface area contributed by atoms with Crippen molar-refractivity contribution in [2.75, 3.05) is 5.75 Å². The molecule has 0 bridgehead atoms. The van der Waals surface area contributed by atoms with Crippen molar-refractivity contribution < 1.29 is 69.5 Å². The molecule has 18 heteroatoms. The molecule has 0 aliphatic carbocycles. The largest absolute Gasteiger partial charge is 0.491 e. The fourth-order valence-electron chi connectivity index (χ4n) is 3.00. The second-order valence-electron chi connectivity index (χ2n) is 6.96. The summed E-state index contributed by atoms with van der Waals surface area (Å²) >= 11 is 0. The topological polar surface area (TPSA) is 68.3 Å². The van der Waals surface area contributed by atoms with Gasteiger partial charge in [0.1, 0.15) is 9.84 Å². The Morgan fingerprint density at radius 2 is 1.06 bits per heavy atom. The van der Waals surface area contributed by atoms with Gasteiger partial charge in [0.2, 0.25) is 9.84 Å². The van der Waals surface area contributed by atoms with Crippen LogP contribution in [0.5, 0.6) is 0 Å². The highest BCUT2D eigenvalue weighted by atomic mass is 32.3. The first kappa shape index (κ1) is 28.9. The molecule has 0 heterocycles. The van der Waals surface area contributed by atoms with E-state index in [0.29, 0.717) is 6.07 Å². The zero-order valence-electron chi connectivity index (χ0n) is 16.2. The lowest BCUT2D eigenvalue weighted by Crippen LogP contribution is -2.63. The van der Waals surface area contributed by atoms with E-state index in [1.54, 1.807) is 0 Å². The molecular formula is C17H9F12O4S2-. The molecule has 0 radical (unpaired) electrons. The summed E-state index contributed by atoms with van der Waals surface area (Å²) in [5, 5.41) is -0.128. The lowest BCUT2D eigenvalue weighted by atomic mass is 9.88. The number of hydrogen-bond donors (Lipinski definition) is 0. The Kier molecular flexibility index (Phi) is 6.88. The Labute approximate surface area is 188 Å². The molecule has 4 nitrogen and oxygen atoms in total. The molecular weight excluding hydrogens is 560 g/mol. The Bertz CT molecular complexity index is 1270. The standard InChI is InChI=1S/C17H9F12O4S2/c18-14(19,20)13(15(21,22)23,16(24,25)26)8-34(30,31)12(35(32,33)17(27,28)29)11-6-5-9-3-1-2-4-10(9)7-11/h1-7H,8H2/q-1. The first-order valence-electron chi connectivity index (χ1n) is 8.50. The minimum Gasteiger partial charge on any atom is -0.236 e. The van der Waals surface area contributed by atoms with E-state index >= 15 is 0 Å². The molecule has 0 aliphatic rings. The molecule has 35 heavy (non-hydrogen) atoms. The molecule has 0 atom stereocenters. The molecule has 198 valence electrons. The lowest BCUT2D eigenvalue weighted by molar-refractivity contribution is -0.418. The molecule has 0 aliphatic heterocycles. The second kappa shape index (κ2) is 8.35. The van der Waals surface area contributed by atoms with E-state index in [1.807, 2.05) is 0 Å². The van der Waals surface area contributed by atoms with Crippen molar-refractivity contribution in [2.24, 2.45) is 5.41 Å². The fraction of sp³-hybridized carbons (Fsp3) is 0.353. The van der Waals surface area contributed by atoms with Crippen LogP contribution in [-0.2, 0) is 19.7 Å². The van der Waals surface area contributed by atoms with E-state index in [4.69, 9.17) is 0 Å². The number of halogens is 12. The molecule has 0 N–H and O–H groups in total. The average molecular weight is 569 g/mol. The van der Waals surface area contributed by atoms with Gasteiger partial charge in [-0.2, -0.15) is 70.4 Å². The zero-order chi connectivity index (χ0) is 27.5. The molecule has 0 saturated heterocycles. The summed E-state index contributed by atoms with van der Waals surface area (Å²) in [5.74, 6) is -4.14. The number of rotatable bonds is 5. The second-order valence-corrected chi connectivity index (χ2v) is 11.0. The van der Waals surface area contributed by atoms with Gasteiger partial charge in [-0.15, -0.1) is 6.07 Å². The predicted molar refractivity (Wildman–Crippen MR) is 95.7 cm³/mol. The Morgan fingerprint density at radius 1 is 0.629 bits per heavy atom. The quantitative estimate of drug-likeness (QED) is 0.343. The van der Waals surface area contributed by atoms with Gasteiger partial charge in [0.15, 0.2) is 0 Å². The number of fused-ring (bicyclic) bond motifs is 1. The van der Waals surface area contributed by atoms with Crippen molar-refractivity contribution >= 4 is 30.4 Å². The summed E-state index contributed by atoms with van der Waals surface area (Å²) in [4.78, 5) is 0. The van der Waals surface area contributed by atoms with Crippen LogP contribution in [0.4, 0.5) is 52.7 Å². The van der Waals surface area contributed by atoms with Gasteiger partial charge in [-0.25, -0.2) is 16.8 Å². The maximum absolute atomic E-state index is 13.2. The van der Waals surface area contributed by atoms with Crippen LogP contribution in [0.2, 0.25) is 0 Å². The van der Waals surface area contributed by atoms with Gasteiger partial charge in [0.05, 0.1) is 10.3 Å². The van der Waals surface area contributed by atoms with Crippen LogP contribution in [0.3, 0.4) is 0 Å². The van der Waals surface area contributed by atoms with E-state index in [0.717, 1.165) is 12.1 Å². The van der Waals surface area contributed by atoms with Crippen LogP contribution in [0.25, 0.3) is 10.8 Å². The SMILES string of the molecule is O=S(=O)(CC(C(F)(F)F)(C(F)(F)F)C(F)(F)F)[C-](c1ccc2ccccc2c1)S(=O)(=O)C(F)(F)F. The first-order chi connectivity index (χ1) is 15.4. The molecule has 2 aromatic rings. The van der Waals surface area contributed by atoms with Gasteiger partial charge in [-0.05, 0) is 5.39 Å². The van der Waals surface area contributed by atoms with Crippen LogP contribution in [-0.4, -0.2) is 46.6 Å². The molecule has 0 unspecified atom stereocenters. The van der Waals surface area contributed by atoms with E-state index in [9.17, 15) is 69.5 Å². The highest BCUT2D eigenvalue weighted by Crippen LogP contribution is 2.61. The van der Waals surface area contributed by atoms with Crippen molar-refractivity contribution in [3.05, 3.63) is 52.6 Å². The summed E-state index contributed by atoms with van der Waals surface area (Å²) in [6.45, 7) is 0. The van der Waals surface area contributed by atoms with Crippen LogP contribution in [0.1, 0.15) is 5.56 Å². The molecule has 2 aromatic carbocycles. The minimum atomic E-state index is -7.47. The number of hydrogen-bond acceptors (Lipinski definition) is 4. The molecule has 2 rings (SSSR count).